The largest absolute Gasteiger partial charge is 0.478 e. The van der Waals surface area contributed by atoms with E-state index in [0.29, 0.717) is 27.7 Å². The van der Waals surface area contributed by atoms with Crippen molar-refractivity contribution >= 4 is 40.1 Å². The van der Waals surface area contributed by atoms with Crippen LogP contribution in [-0.2, 0) is 12.6 Å². The maximum absolute atomic E-state index is 13.4. The van der Waals surface area contributed by atoms with Crippen LogP contribution in [0.1, 0.15) is 32.7 Å². The average Bonchev–Trinajstić information content (AvgIpc) is 3.09. The predicted octanol–water partition coefficient (Wildman–Crippen LogP) is 7.55. The molecule has 1 N–H and O–H groups in total. The summed E-state index contributed by atoms with van der Waals surface area (Å²) in [7, 11) is 0. The van der Waals surface area contributed by atoms with Crippen molar-refractivity contribution < 1.29 is 23.1 Å². The molecule has 0 saturated carbocycles. The van der Waals surface area contributed by atoms with Gasteiger partial charge in [-0.1, -0.05) is 41.4 Å². The monoisotopic (exact) mass is 477 g/mol. The number of alkyl halides is 3. The third kappa shape index (κ3) is 3.96. The van der Waals surface area contributed by atoms with E-state index in [4.69, 9.17) is 23.2 Å². The SMILES string of the molecule is Cc1cc(C(F)(F)F)cc2cc(Cc3c(Cl)ccc(C(=O)O)c3Cl)n(-c3ccccc3)c12. The summed E-state index contributed by atoms with van der Waals surface area (Å²) in [5.41, 5.74) is 2.03. The summed E-state index contributed by atoms with van der Waals surface area (Å²) in [6.07, 6.45) is -4.35. The third-order valence-electron chi connectivity index (χ3n) is 5.28. The molecule has 0 saturated heterocycles. The average molecular weight is 478 g/mol. The van der Waals surface area contributed by atoms with Crippen LogP contribution >= 0.6 is 23.2 Å². The lowest BCUT2D eigenvalue weighted by Crippen LogP contribution is -2.07. The molecule has 0 aliphatic carbocycles. The Hall–Kier alpha value is -2.96. The number of carboxylic acid groups (broad SMARTS) is 1. The molecule has 3 aromatic carbocycles. The number of nitrogens with zero attached hydrogens (tertiary/aromatic N) is 1. The molecule has 3 nitrogen and oxygen atoms in total. The molecule has 1 aromatic heterocycles. The van der Waals surface area contributed by atoms with Crippen LogP contribution in [-0.4, -0.2) is 15.6 Å². The van der Waals surface area contributed by atoms with Crippen molar-refractivity contribution in [3.8, 4) is 5.69 Å². The van der Waals surface area contributed by atoms with Gasteiger partial charge in [-0.25, -0.2) is 4.79 Å². The van der Waals surface area contributed by atoms with Crippen LogP contribution in [0.5, 0.6) is 0 Å². The van der Waals surface area contributed by atoms with Gasteiger partial charge in [0.2, 0.25) is 0 Å². The van der Waals surface area contributed by atoms with Crippen molar-refractivity contribution in [2.24, 2.45) is 0 Å². The molecule has 164 valence electrons. The molecule has 0 unspecified atom stereocenters. The number of carbonyl (C=O) groups is 1. The minimum absolute atomic E-state index is 0.00238. The lowest BCUT2D eigenvalue weighted by molar-refractivity contribution is -0.137. The lowest BCUT2D eigenvalue weighted by atomic mass is 10.0. The van der Waals surface area contributed by atoms with E-state index in [1.165, 1.54) is 12.1 Å². The van der Waals surface area contributed by atoms with Crippen LogP contribution < -0.4 is 0 Å². The number of hydrogen-bond acceptors (Lipinski definition) is 1. The second-order valence-corrected chi connectivity index (χ2v) is 8.19. The van der Waals surface area contributed by atoms with Crippen molar-refractivity contribution in [2.75, 3.05) is 0 Å². The van der Waals surface area contributed by atoms with Gasteiger partial charge in [-0.15, -0.1) is 0 Å². The van der Waals surface area contributed by atoms with Crippen LogP contribution in [0.4, 0.5) is 13.2 Å². The minimum atomic E-state index is -4.48. The zero-order valence-electron chi connectivity index (χ0n) is 16.7. The topological polar surface area (TPSA) is 42.2 Å². The Morgan fingerprint density at radius 2 is 1.72 bits per heavy atom. The van der Waals surface area contributed by atoms with Gasteiger partial charge in [-0.05, 0) is 60.5 Å². The number of para-hydroxylation sites is 1. The molecule has 0 bridgehead atoms. The summed E-state index contributed by atoms with van der Waals surface area (Å²) in [6.45, 7) is 1.63. The summed E-state index contributed by atoms with van der Waals surface area (Å²) in [4.78, 5) is 11.5. The Balaban J connectivity index is 1.99. The van der Waals surface area contributed by atoms with Gasteiger partial charge in [0.25, 0.3) is 0 Å². The van der Waals surface area contributed by atoms with Crippen molar-refractivity contribution in [1.82, 2.24) is 4.57 Å². The Bertz CT molecular complexity index is 1350. The van der Waals surface area contributed by atoms with Gasteiger partial charge >= 0.3 is 12.1 Å². The highest BCUT2D eigenvalue weighted by atomic mass is 35.5. The van der Waals surface area contributed by atoms with Gasteiger partial charge in [0, 0.05) is 28.2 Å². The van der Waals surface area contributed by atoms with Gasteiger partial charge in [-0.3, -0.25) is 0 Å². The van der Waals surface area contributed by atoms with Crippen molar-refractivity contribution in [3.05, 3.63) is 98.7 Å². The smallest absolute Gasteiger partial charge is 0.416 e. The van der Waals surface area contributed by atoms with Gasteiger partial charge in [0.1, 0.15) is 0 Å². The fraction of sp³-hybridized carbons (Fsp3) is 0.125. The molecule has 0 atom stereocenters. The number of rotatable bonds is 4. The van der Waals surface area contributed by atoms with Crippen molar-refractivity contribution in [1.29, 1.82) is 0 Å². The zero-order chi connectivity index (χ0) is 23.2. The first-order valence-corrected chi connectivity index (χ1v) is 10.3. The van der Waals surface area contributed by atoms with E-state index in [1.54, 1.807) is 13.0 Å². The normalized spacial score (nSPS) is 11.8. The number of carboxylic acids is 1. The molecule has 1 heterocycles. The molecular weight excluding hydrogens is 462 g/mol. The van der Waals surface area contributed by atoms with Gasteiger partial charge in [0.15, 0.2) is 0 Å². The highest BCUT2D eigenvalue weighted by molar-refractivity contribution is 6.38. The zero-order valence-corrected chi connectivity index (χ0v) is 18.2. The van der Waals surface area contributed by atoms with Gasteiger partial charge < -0.3 is 9.67 Å². The maximum atomic E-state index is 13.4. The van der Waals surface area contributed by atoms with Crippen LogP contribution in [0.25, 0.3) is 16.6 Å². The van der Waals surface area contributed by atoms with Crippen LogP contribution in [0.15, 0.2) is 60.7 Å². The number of aryl methyl sites for hydroxylation is 1. The lowest BCUT2D eigenvalue weighted by Gasteiger charge is -2.15. The Morgan fingerprint density at radius 3 is 2.34 bits per heavy atom. The van der Waals surface area contributed by atoms with Crippen molar-refractivity contribution in [2.45, 2.75) is 19.5 Å². The molecule has 0 spiro atoms. The van der Waals surface area contributed by atoms with E-state index >= 15 is 0 Å². The number of aromatic carboxylic acids is 1. The van der Waals surface area contributed by atoms with Crippen LogP contribution in [0.2, 0.25) is 10.0 Å². The molecule has 4 aromatic rings. The number of benzene rings is 3. The van der Waals surface area contributed by atoms with Gasteiger partial charge in [0.05, 0.1) is 21.7 Å². The van der Waals surface area contributed by atoms with Gasteiger partial charge in [-0.2, -0.15) is 13.2 Å². The summed E-state index contributed by atoms with van der Waals surface area (Å²) in [5.74, 6) is -1.19. The quantitative estimate of drug-likeness (QED) is 0.329. The minimum Gasteiger partial charge on any atom is -0.478 e. The Labute approximate surface area is 191 Å². The molecule has 0 aliphatic heterocycles. The van der Waals surface area contributed by atoms with E-state index in [2.05, 4.69) is 0 Å². The number of aromatic nitrogens is 1. The molecule has 0 fully saturated rings. The summed E-state index contributed by atoms with van der Waals surface area (Å²) in [6, 6.07) is 15.9. The first kappa shape index (κ1) is 22.2. The Kier molecular flexibility index (Phi) is 5.69. The van der Waals surface area contributed by atoms with E-state index < -0.39 is 17.7 Å². The van der Waals surface area contributed by atoms with Crippen LogP contribution in [0, 0.1) is 6.92 Å². The fourth-order valence-electron chi connectivity index (χ4n) is 3.88. The highest BCUT2D eigenvalue weighted by Gasteiger charge is 2.32. The molecule has 8 heteroatoms. The number of hydrogen-bond donors (Lipinski definition) is 1. The first-order valence-electron chi connectivity index (χ1n) is 9.55. The molecule has 0 amide bonds. The first-order chi connectivity index (χ1) is 15.1. The predicted molar refractivity (Wildman–Crippen MR) is 119 cm³/mol. The summed E-state index contributed by atoms with van der Waals surface area (Å²) < 4.78 is 42.1. The third-order valence-corrected chi connectivity index (χ3v) is 6.06. The number of fused-ring (bicyclic) bond motifs is 1. The van der Waals surface area contributed by atoms with Crippen LogP contribution in [0.3, 0.4) is 0 Å². The van der Waals surface area contributed by atoms with E-state index in [1.807, 2.05) is 34.9 Å². The Morgan fingerprint density at radius 1 is 1.03 bits per heavy atom. The molecule has 32 heavy (non-hydrogen) atoms. The van der Waals surface area contributed by atoms with E-state index in [9.17, 15) is 23.1 Å². The second kappa shape index (κ2) is 8.19. The number of halogens is 5. The molecule has 0 aliphatic rings. The van der Waals surface area contributed by atoms with E-state index in [-0.39, 0.29) is 22.0 Å². The maximum Gasteiger partial charge on any atom is 0.416 e. The molecule has 0 radical (unpaired) electrons. The molecule has 4 rings (SSSR count). The summed E-state index contributed by atoms with van der Waals surface area (Å²) >= 11 is 12.7. The highest BCUT2D eigenvalue weighted by Crippen LogP contribution is 2.37. The van der Waals surface area contributed by atoms with Crippen molar-refractivity contribution in [3.63, 3.8) is 0 Å². The second-order valence-electron chi connectivity index (χ2n) is 7.40. The standard InChI is InChI=1S/C24H16Cl2F3NO2/c1-13-9-15(24(27,28)29)10-14-11-17(30(22(13)14)16-5-3-2-4-6-16)12-19-20(25)8-7-18(21(19)26)23(31)32/h2-11H,12H2,1H3,(H,31,32). The summed E-state index contributed by atoms with van der Waals surface area (Å²) in [5, 5.41) is 10.1. The van der Waals surface area contributed by atoms with E-state index in [0.717, 1.165) is 17.8 Å². The fourth-order valence-corrected chi connectivity index (χ4v) is 4.47. The molecular formula is C24H16Cl2F3NO2.